The van der Waals surface area contributed by atoms with Crippen LogP contribution < -0.4 is 5.73 Å². The maximum Gasteiger partial charge on any atom is 0.337 e. The Morgan fingerprint density at radius 3 is 1.97 bits per heavy atom. The quantitative estimate of drug-likeness (QED) is 0.466. The summed E-state index contributed by atoms with van der Waals surface area (Å²) in [7, 11) is -2.84. The number of carbonyl (C=O) groups is 2. The predicted octanol–water partition coefficient (Wildman–Crippen LogP) is 4.01. The van der Waals surface area contributed by atoms with Crippen LogP contribution in [0.5, 0.6) is 0 Å². The molecule has 2 N–H and O–H groups in total. The van der Waals surface area contributed by atoms with Crippen LogP contribution >= 0.6 is 0 Å². The SMILES string of the molecule is COC(=O)c1ccc(CN(C(C(N)=O)c2ccccc2)S(=O)(=O)c2ccc(C(C)C)cc2)cc1. The van der Waals surface area contributed by atoms with E-state index in [1.807, 2.05) is 13.8 Å². The number of esters is 1. The minimum Gasteiger partial charge on any atom is -0.465 e. The van der Waals surface area contributed by atoms with Gasteiger partial charge < -0.3 is 10.5 Å². The lowest BCUT2D eigenvalue weighted by molar-refractivity contribution is -0.122. The number of hydrogen-bond donors (Lipinski definition) is 1. The average Bonchev–Trinajstić information content (AvgIpc) is 2.84. The Morgan fingerprint density at radius 1 is 0.882 bits per heavy atom. The van der Waals surface area contributed by atoms with E-state index in [0.717, 1.165) is 9.87 Å². The molecule has 0 radical (unpaired) electrons. The standard InChI is InChI=1S/C26H28N2O5S/c1-18(2)20-13-15-23(16-14-20)34(31,32)28(24(25(27)29)21-7-5-4-6-8-21)17-19-9-11-22(12-10-19)26(30)33-3/h4-16,18,24H,17H2,1-3H3,(H2,27,29). The molecular weight excluding hydrogens is 452 g/mol. The van der Waals surface area contributed by atoms with Crippen LogP contribution in [0.3, 0.4) is 0 Å². The molecule has 1 atom stereocenters. The van der Waals surface area contributed by atoms with E-state index in [2.05, 4.69) is 0 Å². The highest BCUT2D eigenvalue weighted by atomic mass is 32.2. The van der Waals surface area contributed by atoms with E-state index >= 15 is 0 Å². The summed E-state index contributed by atoms with van der Waals surface area (Å²) in [6.45, 7) is 3.91. The number of carbonyl (C=O) groups excluding carboxylic acids is 2. The number of methoxy groups -OCH3 is 1. The summed E-state index contributed by atoms with van der Waals surface area (Å²) in [4.78, 5) is 24.4. The lowest BCUT2D eigenvalue weighted by Crippen LogP contribution is -2.41. The van der Waals surface area contributed by atoms with Gasteiger partial charge in [-0.3, -0.25) is 4.79 Å². The molecular formula is C26H28N2O5S. The van der Waals surface area contributed by atoms with E-state index < -0.39 is 27.9 Å². The number of nitrogens with two attached hydrogens (primary N) is 1. The fourth-order valence-electron chi connectivity index (χ4n) is 3.63. The van der Waals surface area contributed by atoms with Crippen molar-refractivity contribution in [3.8, 4) is 0 Å². The molecule has 1 amide bonds. The smallest absolute Gasteiger partial charge is 0.337 e. The van der Waals surface area contributed by atoms with Crippen LogP contribution in [-0.2, 0) is 26.1 Å². The number of sulfonamides is 1. The fourth-order valence-corrected chi connectivity index (χ4v) is 5.20. The maximum atomic E-state index is 13.8. The first-order chi connectivity index (χ1) is 16.1. The molecule has 0 aliphatic rings. The van der Waals surface area contributed by atoms with Crippen LogP contribution in [0.25, 0.3) is 0 Å². The van der Waals surface area contributed by atoms with Crippen molar-refractivity contribution in [2.75, 3.05) is 7.11 Å². The van der Waals surface area contributed by atoms with Crippen molar-refractivity contribution >= 4 is 21.9 Å². The van der Waals surface area contributed by atoms with Crippen molar-refractivity contribution in [1.29, 1.82) is 0 Å². The van der Waals surface area contributed by atoms with E-state index in [9.17, 15) is 18.0 Å². The highest BCUT2D eigenvalue weighted by molar-refractivity contribution is 7.89. The largest absolute Gasteiger partial charge is 0.465 e. The Morgan fingerprint density at radius 2 is 1.47 bits per heavy atom. The van der Waals surface area contributed by atoms with Crippen LogP contribution in [0, 0.1) is 0 Å². The number of nitrogens with zero attached hydrogens (tertiary/aromatic N) is 1. The van der Waals surface area contributed by atoms with Gasteiger partial charge in [-0.15, -0.1) is 0 Å². The van der Waals surface area contributed by atoms with Gasteiger partial charge in [-0.2, -0.15) is 4.31 Å². The highest BCUT2D eigenvalue weighted by Crippen LogP contribution is 2.30. The van der Waals surface area contributed by atoms with Crippen molar-refractivity contribution in [1.82, 2.24) is 4.31 Å². The van der Waals surface area contributed by atoms with Gasteiger partial charge in [-0.05, 0) is 46.9 Å². The van der Waals surface area contributed by atoms with Gasteiger partial charge in [-0.25, -0.2) is 13.2 Å². The Labute approximate surface area is 200 Å². The van der Waals surface area contributed by atoms with E-state index in [-0.39, 0.29) is 17.4 Å². The molecule has 8 heteroatoms. The van der Waals surface area contributed by atoms with Gasteiger partial charge in [0.15, 0.2) is 0 Å². The summed E-state index contributed by atoms with van der Waals surface area (Å²) >= 11 is 0. The first-order valence-corrected chi connectivity index (χ1v) is 12.2. The summed E-state index contributed by atoms with van der Waals surface area (Å²) in [5.41, 5.74) is 8.11. The van der Waals surface area contributed by atoms with Crippen LogP contribution in [0.1, 0.15) is 52.9 Å². The molecule has 0 aliphatic carbocycles. The van der Waals surface area contributed by atoms with E-state index in [1.165, 1.54) is 7.11 Å². The normalized spacial score (nSPS) is 12.5. The van der Waals surface area contributed by atoms with Crippen LogP contribution in [0.2, 0.25) is 0 Å². The zero-order valence-corrected chi connectivity index (χ0v) is 20.2. The Balaban J connectivity index is 2.09. The molecule has 3 rings (SSSR count). The molecule has 0 saturated heterocycles. The lowest BCUT2D eigenvalue weighted by atomic mass is 10.0. The van der Waals surface area contributed by atoms with E-state index in [4.69, 9.17) is 10.5 Å². The number of benzene rings is 3. The molecule has 0 aromatic heterocycles. The van der Waals surface area contributed by atoms with Crippen LogP contribution in [-0.4, -0.2) is 31.7 Å². The second-order valence-electron chi connectivity index (χ2n) is 8.18. The zero-order valence-electron chi connectivity index (χ0n) is 19.3. The molecule has 178 valence electrons. The summed E-state index contributed by atoms with van der Waals surface area (Å²) in [6.07, 6.45) is 0. The van der Waals surface area contributed by atoms with Gasteiger partial charge in [-0.1, -0.05) is 68.4 Å². The van der Waals surface area contributed by atoms with Crippen molar-refractivity contribution < 1.29 is 22.7 Å². The van der Waals surface area contributed by atoms with Crippen LogP contribution in [0.15, 0.2) is 83.8 Å². The molecule has 3 aromatic rings. The van der Waals surface area contributed by atoms with Gasteiger partial charge in [0, 0.05) is 6.54 Å². The molecule has 0 fully saturated rings. The van der Waals surface area contributed by atoms with E-state index in [1.54, 1.807) is 78.9 Å². The van der Waals surface area contributed by atoms with E-state index in [0.29, 0.717) is 16.7 Å². The maximum absolute atomic E-state index is 13.8. The number of rotatable bonds is 9. The molecule has 0 heterocycles. The third-order valence-electron chi connectivity index (χ3n) is 5.54. The predicted molar refractivity (Wildman–Crippen MR) is 129 cm³/mol. The third kappa shape index (κ3) is 5.52. The summed E-state index contributed by atoms with van der Waals surface area (Å²) in [5, 5.41) is 0. The van der Waals surface area contributed by atoms with Gasteiger partial charge in [0.25, 0.3) is 0 Å². The molecule has 7 nitrogen and oxygen atoms in total. The number of hydrogen-bond acceptors (Lipinski definition) is 5. The second kappa shape index (κ2) is 10.6. The molecule has 3 aromatic carbocycles. The van der Waals surface area contributed by atoms with Crippen molar-refractivity contribution in [3.63, 3.8) is 0 Å². The molecule has 0 bridgehead atoms. The summed E-state index contributed by atoms with van der Waals surface area (Å²) < 4.78 is 33.4. The topological polar surface area (TPSA) is 107 Å². The first kappa shape index (κ1) is 25.1. The third-order valence-corrected chi connectivity index (χ3v) is 7.36. The summed E-state index contributed by atoms with van der Waals surface area (Å²) in [6, 6.07) is 20.3. The van der Waals surface area contributed by atoms with Crippen molar-refractivity contribution in [2.24, 2.45) is 5.73 Å². The molecule has 34 heavy (non-hydrogen) atoms. The molecule has 1 unspecified atom stereocenters. The Kier molecular flexibility index (Phi) is 7.86. The first-order valence-electron chi connectivity index (χ1n) is 10.8. The molecule has 0 aliphatic heterocycles. The zero-order chi connectivity index (χ0) is 24.9. The second-order valence-corrected chi connectivity index (χ2v) is 10.1. The minimum absolute atomic E-state index is 0.0604. The summed E-state index contributed by atoms with van der Waals surface area (Å²) in [5.74, 6) is -1.05. The average molecular weight is 481 g/mol. The molecule has 0 saturated carbocycles. The van der Waals surface area contributed by atoms with Gasteiger partial charge in [0.05, 0.1) is 17.6 Å². The highest BCUT2D eigenvalue weighted by Gasteiger charge is 2.36. The van der Waals surface area contributed by atoms with Crippen molar-refractivity contribution in [3.05, 3.63) is 101 Å². The van der Waals surface area contributed by atoms with Gasteiger partial charge in [0.2, 0.25) is 15.9 Å². The minimum atomic E-state index is -4.12. The number of amides is 1. The molecule has 0 spiro atoms. The number of ether oxygens (including phenoxy) is 1. The lowest BCUT2D eigenvalue weighted by Gasteiger charge is -2.29. The Bertz CT molecular complexity index is 1240. The van der Waals surface area contributed by atoms with Gasteiger partial charge >= 0.3 is 5.97 Å². The fraction of sp³-hybridized carbons (Fsp3) is 0.231. The van der Waals surface area contributed by atoms with Crippen molar-refractivity contribution in [2.45, 2.75) is 37.2 Å². The number of primary amides is 1. The monoisotopic (exact) mass is 480 g/mol. The van der Waals surface area contributed by atoms with Crippen LogP contribution in [0.4, 0.5) is 0 Å². The Hall–Kier alpha value is -3.49. The van der Waals surface area contributed by atoms with Gasteiger partial charge in [0.1, 0.15) is 6.04 Å².